The summed E-state index contributed by atoms with van der Waals surface area (Å²) in [7, 11) is 0. The van der Waals surface area contributed by atoms with Gasteiger partial charge >= 0.3 is 6.55 Å². The molecular formula is C13H16F2N4. The Morgan fingerprint density at radius 3 is 2.89 bits per heavy atom. The molecule has 0 radical (unpaired) electrons. The van der Waals surface area contributed by atoms with Crippen molar-refractivity contribution in [3.8, 4) is 11.4 Å². The van der Waals surface area contributed by atoms with Crippen molar-refractivity contribution in [1.82, 2.24) is 19.7 Å². The zero-order valence-corrected chi connectivity index (χ0v) is 10.5. The van der Waals surface area contributed by atoms with Gasteiger partial charge in [-0.15, -0.1) is 0 Å². The minimum absolute atomic E-state index is 0.371. The van der Waals surface area contributed by atoms with Gasteiger partial charge in [0.15, 0.2) is 0 Å². The van der Waals surface area contributed by atoms with Crippen LogP contribution in [-0.2, 0) is 0 Å². The van der Waals surface area contributed by atoms with E-state index in [4.69, 9.17) is 0 Å². The highest BCUT2D eigenvalue weighted by Crippen LogP contribution is 2.26. The Balaban J connectivity index is 1.89. The summed E-state index contributed by atoms with van der Waals surface area (Å²) < 4.78 is 27.9. The monoisotopic (exact) mass is 266 g/mol. The molecule has 19 heavy (non-hydrogen) atoms. The molecule has 1 N–H and O–H groups in total. The molecule has 0 aromatic carbocycles. The van der Waals surface area contributed by atoms with Gasteiger partial charge < -0.3 is 9.88 Å². The number of hydrogen-bond acceptors (Lipinski definition) is 2. The number of alkyl halides is 2. The van der Waals surface area contributed by atoms with Crippen LogP contribution in [0.4, 0.5) is 8.78 Å². The van der Waals surface area contributed by atoms with Crippen molar-refractivity contribution in [3.05, 3.63) is 30.6 Å². The van der Waals surface area contributed by atoms with E-state index in [9.17, 15) is 8.78 Å². The Morgan fingerprint density at radius 1 is 1.32 bits per heavy atom. The first-order valence-corrected chi connectivity index (χ1v) is 6.47. The van der Waals surface area contributed by atoms with Crippen molar-refractivity contribution in [1.29, 1.82) is 0 Å². The van der Waals surface area contributed by atoms with Crippen LogP contribution in [0.5, 0.6) is 0 Å². The topological polar surface area (TPSA) is 34.8 Å². The number of hydrogen-bond donors (Lipinski definition) is 1. The minimum Gasteiger partial charge on any atom is -0.342 e. The van der Waals surface area contributed by atoms with Crippen LogP contribution in [0.2, 0.25) is 0 Å². The minimum atomic E-state index is -2.59. The van der Waals surface area contributed by atoms with Gasteiger partial charge in [-0.05, 0) is 37.6 Å². The standard InChI is InChI=1S/C13H16F2N4/c14-13(15)19-8-5-11(17-19)12-4-2-7-18(12)10-3-1-6-16-9-10/h2,4-5,7-8,10,13,16H,1,3,6,9H2. The molecule has 3 heterocycles. The molecule has 2 aromatic heterocycles. The molecule has 0 spiro atoms. The molecule has 1 fully saturated rings. The summed E-state index contributed by atoms with van der Waals surface area (Å²) in [5.74, 6) is 0. The van der Waals surface area contributed by atoms with Crippen LogP contribution in [0.1, 0.15) is 25.4 Å². The molecule has 1 aliphatic rings. The average Bonchev–Trinajstić information content (AvgIpc) is 3.08. The van der Waals surface area contributed by atoms with Crippen LogP contribution in [0.25, 0.3) is 11.4 Å². The molecule has 0 aliphatic carbocycles. The quantitative estimate of drug-likeness (QED) is 0.927. The van der Waals surface area contributed by atoms with E-state index in [2.05, 4.69) is 15.0 Å². The predicted octanol–water partition coefficient (Wildman–Crippen LogP) is 2.67. The first-order chi connectivity index (χ1) is 9.25. The van der Waals surface area contributed by atoms with E-state index in [1.54, 1.807) is 6.07 Å². The first-order valence-electron chi connectivity index (χ1n) is 6.47. The van der Waals surface area contributed by atoms with Crippen LogP contribution in [-0.4, -0.2) is 27.4 Å². The first kappa shape index (κ1) is 12.3. The lowest BCUT2D eigenvalue weighted by atomic mass is 10.1. The van der Waals surface area contributed by atoms with Gasteiger partial charge in [-0.2, -0.15) is 13.9 Å². The van der Waals surface area contributed by atoms with E-state index in [1.807, 2.05) is 18.3 Å². The number of rotatable bonds is 3. The maximum absolute atomic E-state index is 12.6. The van der Waals surface area contributed by atoms with Gasteiger partial charge in [0.2, 0.25) is 0 Å². The molecule has 0 bridgehead atoms. The molecule has 1 atom stereocenters. The fraction of sp³-hybridized carbons (Fsp3) is 0.462. The van der Waals surface area contributed by atoms with E-state index >= 15 is 0 Å². The fourth-order valence-electron chi connectivity index (χ4n) is 2.58. The van der Waals surface area contributed by atoms with Gasteiger partial charge in [0, 0.05) is 25.0 Å². The van der Waals surface area contributed by atoms with Crippen molar-refractivity contribution in [3.63, 3.8) is 0 Å². The highest BCUT2D eigenvalue weighted by molar-refractivity contribution is 5.54. The molecule has 0 amide bonds. The largest absolute Gasteiger partial charge is 0.342 e. The van der Waals surface area contributed by atoms with Crippen LogP contribution in [0.3, 0.4) is 0 Å². The lowest BCUT2D eigenvalue weighted by molar-refractivity contribution is 0.0568. The number of nitrogens with zero attached hydrogens (tertiary/aromatic N) is 3. The van der Waals surface area contributed by atoms with Crippen molar-refractivity contribution < 1.29 is 8.78 Å². The van der Waals surface area contributed by atoms with Crippen LogP contribution >= 0.6 is 0 Å². The predicted molar refractivity (Wildman–Crippen MR) is 68.0 cm³/mol. The van der Waals surface area contributed by atoms with E-state index in [1.165, 1.54) is 6.20 Å². The Kier molecular flexibility index (Phi) is 3.33. The Morgan fingerprint density at radius 2 is 2.21 bits per heavy atom. The van der Waals surface area contributed by atoms with Crippen LogP contribution < -0.4 is 5.32 Å². The van der Waals surface area contributed by atoms with Gasteiger partial charge in [0.25, 0.3) is 0 Å². The molecular weight excluding hydrogens is 250 g/mol. The lowest BCUT2D eigenvalue weighted by Gasteiger charge is -2.25. The maximum atomic E-state index is 12.6. The third-order valence-corrected chi connectivity index (χ3v) is 3.51. The Hall–Kier alpha value is -1.69. The van der Waals surface area contributed by atoms with Crippen molar-refractivity contribution >= 4 is 0 Å². The Bertz CT molecular complexity index is 540. The van der Waals surface area contributed by atoms with Gasteiger partial charge in [-0.3, -0.25) is 0 Å². The summed E-state index contributed by atoms with van der Waals surface area (Å²) in [6.07, 6.45) is 5.54. The second-order valence-corrected chi connectivity index (χ2v) is 4.76. The average molecular weight is 266 g/mol. The summed E-state index contributed by atoms with van der Waals surface area (Å²) in [5, 5.41) is 7.29. The van der Waals surface area contributed by atoms with Crippen LogP contribution in [0.15, 0.2) is 30.6 Å². The van der Waals surface area contributed by atoms with E-state index in [0.29, 0.717) is 16.4 Å². The zero-order valence-electron chi connectivity index (χ0n) is 10.5. The molecule has 3 rings (SSSR count). The van der Waals surface area contributed by atoms with E-state index in [0.717, 1.165) is 31.6 Å². The van der Waals surface area contributed by atoms with E-state index < -0.39 is 6.55 Å². The summed E-state index contributed by atoms with van der Waals surface area (Å²) >= 11 is 0. The van der Waals surface area contributed by atoms with Gasteiger partial charge in [-0.1, -0.05) is 0 Å². The number of halogens is 2. The third kappa shape index (κ3) is 2.40. The molecule has 6 heteroatoms. The smallest absolute Gasteiger partial charge is 0.333 e. The van der Waals surface area contributed by atoms with Gasteiger partial charge in [0.05, 0.1) is 5.69 Å². The van der Waals surface area contributed by atoms with Gasteiger partial charge in [0.1, 0.15) is 5.69 Å². The van der Waals surface area contributed by atoms with Crippen molar-refractivity contribution in [2.45, 2.75) is 25.4 Å². The summed E-state index contributed by atoms with van der Waals surface area (Å²) in [5.41, 5.74) is 1.49. The molecule has 0 saturated carbocycles. The van der Waals surface area contributed by atoms with Crippen molar-refractivity contribution in [2.75, 3.05) is 13.1 Å². The van der Waals surface area contributed by atoms with Gasteiger partial charge in [-0.25, -0.2) is 4.68 Å². The zero-order chi connectivity index (χ0) is 13.2. The normalized spacial score (nSPS) is 20.1. The Labute approximate surface area is 110 Å². The second-order valence-electron chi connectivity index (χ2n) is 4.76. The SMILES string of the molecule is FC(F)n1ccc(-c2cccn2C2CCCNC2)n1. The highest BCUT2D eigenvalue weighted by Gasteiger charge is 2.19. The fourth-order valence-corrected chi connectivity index (χ4v) is 2.58. The molecule has 1 aliphatic heterocycles. The van der Waals surface area contributed by atoms with E-state index in [-0.39, 0.29) is 0 Å². The maximum Gasteiger partial charge on any atom is 0.333 e. The molecule has 4 nitrogen and oxygen atoms in total. The highest BCUT2D eigenvalue weighted by atomic mass is 19.3. The molecule has 2 aromatic rings. The summed E-state index contributed by atoms with van der Waals surface area (Å²) in [6.45, 7) is -0.627. The number of aromatic nitrogens is 3. The third-order valence-electron chi connectivity index (χ3n) is 3.51. The lowest BCUT2D eigenvalue weighted by Crippen LogP contribution is -2.31. The second kappa shape index (κ2) is 5.13. The molecule has 1 unspecified atom stereocenters. The number of piperidine rings is 1. The molecule has 1 saturated heterocycles. The summed E-state index contributed by atoms with van der Waals surface area (Å²) in [4.78, 5) is 0. The van der Waals surface area contributed by atoms with Crippen molar-refractivity contribution in [2.24, 2.45) is 0 Å². The molecule has 102 valence electrons. The van der Waals surface area contributed by atoms with Crippen LogP contribution in [0, 0.1) is 0 Å². The summed E-state index contributed by atoms with van der Waals surface area (Å²) in [6, 6.07) is 5.86. The number of nitrogens with one attached hydrogen (secondary N) is 1.